The zero-order valence-corrected chi connectivity index (χ0v) is 11.6. The maximum atomic E-state index is 12.3. The molecule has 0 spiro atoms. The highest BCUT2D eigenvalue weighted by atomic mass is 16.1. The largest absolute Gasteiger partial charge is 0.300 e. The first kappa shape index (κ1) is 14.9. The number of hydrogen-bond acceptors (Lipinski definition) is 2. The molecule has 2 heteroatoms. The molecule has 1 aliphatic carbocycles. The number of unbranched alkanes of at least 4 members (excludes halogenated alkanes) is 3. The quantitative estimate of drug-likeness (QED) is 0.480. The fourth-order valence-electron chi connectivity index (χ4n) is 2.47. The van der Waals surface area contributed by atoms with Gasteiger partial charge in [0.2, 0.25) is 0 Å². The van der Waals surface area contributed by atoms with Gasteiger partial charge in [-0.25, -0.2) is 0 Å². The minimum Gasteiger partial charge on any atom is -0.300 e. The van der Waals surface area contributed by atoms with Crippen molar-refractivity contribution in [3.05, 3.63) is 24.3 Å². The van der Waals surface area contributed by atoms with E-state index in [-0.39, 0.29) is 18.0 Å². The minimum atomic E-state index is -0.409. The zero-order valence-electron chi connectivity index (χ0n) is 11.6. The van der Waals surface area contributed by atoms with Gasteiger partial charge >= 0.3 is 0 Å². The molecule has 0 amide bonds. The Kier molecular flexibility index (Phi) is 6.03. The van der Waals surface area contributed by atoms with Crippen LogP contribution in [-0.2, 0) is 9.59 Å². The predicted molar refractivity (Wildman–Crippen MR) is 74.4 cm³/mol. The molecule has 0 aromatic carbocycles. The van der Waals surface area contributed by atoms with Crippen molar-refractivity contribution in [2.75, 3.05) is 0 Å². The van der Waals surface area contributed by atoms with E-state index in [9.17, 15) is 9.59 Å². The van der Waals surface area contributed by atoms with Crippen LogP contribution in [0, 0.1) is 5.41 Å². The molecule has 0 bridgehead atoms. The van der Waals surface area contributed by atoms with Gasteiger partial charge in [0.25, 0.3) is 0 Å². The molecule has 1 rings (SSSR count). The van der Waals surface area contributed by atoms with Crippen LogP contribution in [0.2, 0.25) is 0 Å². The molecular formula is C16H24O2. The second kappa shape index (κ2) is 7.30. The van der Waals surface area contributed by atoms with Crippen molar-refractivity contribution in [3.63, 3.8) is 0 Å². The lowest BCUT2D eigenvalue weighted by Gasteiger charge is -2.29. The maximum absolute atomic E-state index is 12.3. The fraction of sp³-hybridized carbons (Fsp3) is 0.625. The van der Waals surface area contributed by atoms with Crippen molar-refractivity contribution in [1.29, 1.82) is 0 Å². The summed E-state index contributed by atoms with van der Waals surface area (Å²) in [6.07, 6.45) is 14.3. The average Bonchev–Trinajstić information content (AvgIpc) is 2.35. The minimum absolute atomic E-state index is 0.0316. The third-order valence-electron chi connectivity index (χ3n) is 3.59. The van der Waals surface area contributed by atoms with Crippen molar-refractivity contribution < 1.29 is 9.59 Å². The molecule has 1 atom stereocenters. The van der Waals surface area contributed by atoms with Gasteiger partial charge in [-0.3, -0.25) is 9.59 Å². The molecule has 0 aromatic heterocycles. The third kappa shape index (κ3) is 4.25. The number of allylic oxidation sites excluding steroid dienone is 4. The Morgan fingerprint density at radius 2 is 1.94 bits per heavy atom. The van der Waals surface area contributed by atoms with Crippen molar-refractivity contribution in [2.45, 2.75) is 58.8 Å². The van der Waals surface area contributed by atoms with Crippen LogP contribution in [0.4, 0.5) is 0 Å². The Labute approximate surface area is 110 Å². The summed E-state index contributed by atoms with van der Waals surface area (Å²) in [5.41, 5.74) is -0.409. The smallest absolute Gasteiger partial charge is 0.150 e. The SMILES string of the molecule is CCCCCCC1(C(=O)CC(C)=O)C=CC=CC1. The van der Waals surface area contributed by atoms with Crippen LogP contribution < -0.4 is 0 Å². The first-order chi connectivity index (χ1) is 8.60. The van der Waals surface area contributed by atoms with E-state index in [2.05, 4.69) is 6.92 Å². The monoisotopic (exact) mass is 248 g/mol. The lowest BCUT2D eigenvalue weighted by atomic mass is 9.72. The zero-order chi connectivity index (χ0) is 13.4. The highest BCUT2D eigenvalue weighted by Crippen LogP contribution is 2.36. The molecular weight excluding hydrogens is 224 g/mol. The van der Waals surface area contributed by atoms with E-state index >= 15 is 0 Å². The van der Waals surface area contributed by atoms with Gasteiger partial charge in [-0.05, 0) is 19.8 Å². The van der Waals surface area contributed by atoms with Crippen molar-refractivity contribution in [2.24, 2.45) is 5.41 Å². The van der Waals surface area contributed by atoms with Crippen molar-refractivity contribution in [3.8, 4) is 0 Å². The first-order valence-corrected chi connectivity index (χ1v) is 6.98. The van der Waals surface area contributed by atoms with Gasteiger partial charge in [0.1, 0.15) is 11.6 Å². The van der Waals surface area contributed by atoms with Gasteiger partial charge < -0.3 is 0 Å². The molecule has 0 N–H and O–H groups in total. The third-order valence-corrected chi connectivity index (χ3v) is 3.59. The van der Waals surface area contributed by atoms with Gasteiger partial charge in [0, 0.05) is 0 Å². The van der Waals surface area contributed by atoms with Crippen molar-refractivity contribution in [1.82, 2.24) is 0 Å². The van der Waals surface area contributed by atoms with Crippen LogP contribution in [0.3, 0.4) is 0 Å². The first-order valence-electron chi connectivity index (χ1n) is 6.98. The average molecular weight is 248 g/mol. The lowest BCUT2D eigenvalue weighted by Crippen LogP contribution is -2.31. The van der Waals surface area contributed by atoms with Gasteiger partial charge in [-0.1, -0.05) is 56.9 Å². The molecule has 0 saturated carbocycles. The summed E-state index contributed by atoms with van der Waals surface area (Å²) in [7, 11) is 0. The summed E-state index contributed by atoms with van der Waals surface area (Å²) in [6.45, 7) is 3.67. The molecule has 100 valence electrons. The summed E-state index contributed by atoms with van der Waals surface area (Å²) in [5.74, 6) is 0.0583. The fourth-order valence-corrected chi connectivity index (χ4v) is 2.47. The highest BCUT2D eigenvalue weighted by molar-refractivity contribution is 6.01. The molecule has 18 heavy (non-hydrogen) atoms. The lowest BCUT2D eigenvalue weighted by molar-refractivity contribution is -0.131. The van der Waals surface area contributed by atoms with E-state index in [1.807, 2.05) is 24.3 Å². The molecule has 0 radical (unpaired) electrons. The molecule has 1 aliphatic rings. The Morgan fingerprint density at radius 1 is 1.17 bits per heavy atom. The van der Waals surface area contributed by atoms with Gasteiger partial charge in [0.15, 0.2) is 0 Å². The normalized spacial score (nSPS) is 22.1. The Hall–Kier alpha value is -1.18. The van der Waals surface area contributed by atoms with Gasteiger partial charge in [-0.15, -0.1) is 0 Å². The second-order valence-electron chi connectivity index (χ2n) is 5.26. The van der Waals surface area contributed by atoms with E-state index in [4.69, 9.17) is 0 Å². The number of Topliss-reactive ketones (excluding diaryl/α,β-unsaturated/α-hetero) is 2. The molecule has 0 saturated heterocycles. The number of hydrogen-bond donors (Lipinski definition) is 0. The topological polar surface area (TPSA) is 34.1 Å². The highest BCUT2D eigenvalue weighted by Gasteiger charge is 2.34. The molecule has 0 aromatic rings. The standard InChI is InChI=1S/C16H24O2/c1-3-4-5-7-10-16(11-8-6-9-12-16)15(18)13-14(2)17/h6,8-9,11H,3-5,7,10,12-13H2,1-2H3. The van der Waals surface area contributed by atoms with Crippen LogP contribution in [0.25, 0.3) is 0 Å². The Morgan fingerprint density at radius 3 is 2.50 bits per heavy atom. The predicted octanol–water partition coefficient (Wildman–Crippen LogP) is 4.01. The van der Waals surface area contributed by atoms with E-state index in [0.29, 0.717) is 0 Å². The maximum Gasteiger partial charge on any atom is 0.150 e. The second-order valence-corrected chi connectivity index (χ2v) is 5.26. The molecule has 1 unspecified atom stereocenters. The Bertz CT molecular complexity index is 352. The molecule has 2 nitrogen and oxygen atoms in total. The van der Waals surface area contributed by atoms with Crippen LogP contribution >= 0.6 is 0 Å². The number of carbonyl (C=O) groups is 2. The van der Waals surface area contributed by atoms with Gasteiger partial charge in [0.05, 0.1) is 11.8 Å². The molecule has 0 heterocycles. The summed E-state index contributed by atoms with van der Waals surface area (Å²) in [6, 6.07) is 0. The number of ketones is 2. The van der Waals surface area contributed by atoms with Crippen LogP contribution in [-0.4, -0.2) is 11.6 Å². The molecule has 0 fully saturated rings. The van der Waals surface area contributed by atoms with Crippen molar-refractivity contribution >= 4 is 11.6 Å². The summed E-state index contributed by atoms with van der Waals surface area (Å²) in [5, 5.41) is 0. The van der Waals surface area contributed by atoms with E-state index in [0.717, 1.165) is 19.3 Å². The van der Waals surface area contributed by atoms with Crippen LogP contribution in [0.15, 0.2) is 24.3 Å². The summed E-state index contributed by atoms with van der Waals surface area (Å²) in [4.78, 5) is 23.4. The molecule has 0 aliphatic heterocycles. The number of rotatable bonds is 8. The summed E-state index contributed by atoms with van der Waals surface area (Å²) >= 11 is 0. The Balaban J connectivity index is 2.64. The summed E-state index contributed by atoms with van der Waals surface area (Å²) < 4.78 is 0. The van der Waals surface area contributed by atoms with E-state index < -0.39 is 5.41 Å². The van der Waals surface area contributed by atoms with Crippen LogP contribution in [0.5, 0.6) is 0 Å². The van der Waals surface area contributed by atoms with Crippen LogP contribution in [0.1, 0.15) is 58.8 Å². The van der Waals surface area contributed by atoms with Gasteiger partial charge in [-0.2, -0.15) is 0 Å². The van der Waals surface area contributed by atoms with E-state index in [1.165, 1.54) is 26.2 Å². The van der Waals surface area contributed by atoms with E-state index in [1.54, 1.807) is 0 Å². The number of carbonyl (C=O) groups excluding carboxylic acids is 2.